The summed E-state index contributed by atoms with van der Waals surface area (Å²) >= 11 is 0. The van der Waals surface area contributed by atoms with Gasteiger partial charge in [-0.25, -0.2) is 0 Å². The van der Waals surface area contributed by atoms with Gasteiger partial charge in [-0.3, -0.25) is 9.78 Å². The number of carbonyl (C=O) groups is 1. The molecule has 0 unspecified atom stereocenters. The van der Waals surface area contributed by atoms with Crippen LogP contribution in [0.2, 0.25) is 0 Å². The minimum Gasteiger partial charge on any atom is -0.467 e. The van der Waals surface area contributed by atoms with Crippen LogP contribution in [0.25, 0.3) is 17.2 Å². The van der Waals surface area contributed by atoms with E-state index in [2.05, 4.69) is 10.3 Å². The van der Waals surface area contributed by atoms with Crippen molar-refractivity contribution in [2.75, 3.05) is 0 Å². The fraction of sp³-hybridized carbons (Fsp3) is 0.0500. The van der Waals surface area contributed by atoms with Crippen LogP contribution in [0.1, 0.15) is 11.3 Å². The molecule has 0 saturated heterocycles. The number of nitrogens with one attached hydrogen (secondary N) is 1. The molecule has 0 aliphatic rings. The lowest BCUT2D eigenvalue weighted by molar-refractivity contribution is -0.117. The van der Waals surface area contributed by atoms with Crippen molar-refractivity contribution >= 4 is 12.0 Å². The van der Waals surface area contributed by atoms with E-state index >= 15 is 0 Å². The molecule has 0 fully saturated rings. The molecular formula is C20H15N3O2. The molecule has 0 aliphatic carbocycles. The van der Waals surface area contributed by atoms with Crippen molar-refractivity contribution in [3.05, 3.63) is 84.1 Å². The average Bonchev–Trinajstić information content (AvgIpc) is 3.19. The number of furan rings is 1. The third-order valence-corrected chi connectivity index (χ3v) is 3.58. The summed E-state index contributed by atoms with van der Waals surface area (Å²) in [5, 5.41) is 12.0. The van der Waals surface area contributed by atoms with E-state index in [1.165, 1.54) is 6.26 Å². The van der Waals surface area contributed by atoms with Crippen molar-refractivity contribution in [2.24, 2.45) is 0 Å². The number of carbonyl (C=O) groups excluding carboxylic acids is 1. The topological polar surface area (TPSA) is 78.9 Å². The monoisotopic (exact) mass is 329 g/mol. The van der Waals surface area contributed by atoms with Gasteiger partial charge in [-0.05, 0) is 53.1 Å². The number of benzene rings is 1. The number of pyridine rings is 1. The summed E-state index contributed by atoms with van der Waals surface area (Å²) in [5.74, 6) is 0.193. The van der Waals surface area contributed by atoms with Crippen LogP contribution in [0.5, 0.6) is 0 Å². The first-order chi connectivity index (χ1) is 12.3. The van der Waals surface area contributed by atoms with Gasteiger partial charge in [0.25, 0.3) is 5.91 Å². The second-order valence-electron chi connectivity index (χ2n) is 5.29. The minimum atomic E-state index is -0.437. The summed E-state index contributed by atoms with van der Waals surface area (Å²) in [5.41, 5.74) is 2.83. The maximum atomic E-state index is 12.2. The first-order valence-corrected chi connectivity index (χ1v) is 7.69. The Kier molecular flexibility index (Phi) is 5.03. The molecule has 1 aromatic carbocycles. The Morgan fingerprint density at radius 3 is 2.72 bits per heavy atom. The molecule has 122 valence electrons. The molecule has 2 aromatic heterocycles. The van der Waals surface area contributed by atoms with Crippen molar-refractivity contribution in [3.8, 4) is 17.2 Å². The fourth-order valence-electron chi connectivity index (χ4n) is 2.34. The summed E-state index contributed by atoms with van der Waals surface area (Å²) in [7, 11) is 0. The van der Waals surface area contributed by atoms with Crippen LogP contribution in [0.3, 0.4) is 0 Å². The quantitative estimate of drug-likeness (QED) is 0.573. The Morgan fingerprint density at radius 2 is 2.00 bits per heavy atom. The maximum absolute atomic E-state index is 12.2. The van der Waals surface area contributed by atoms with Crippen LogP contribution in [-0.2, 0) is 11.3 Å². The molecule has 0 bridgehead atoms. The van der Waals surface area contributed by atoms with Crippen molar-refractivity contribution in [3.63, 3.8) is 0 Å². The van der Waals surface area contributed by atoms with E-state index in [4.69, 9.17) is 4.42 Å². The lowest BCUT2D eigenvalue weighted by Crippen LogP contribution is -2.23. The number of hydrogen-bond donors (Lipinski definition) is 1. The molecule has 1 N–H and O–H groups in total. The van der Waals surface area contributed by atoms with E-state index < -0.39 is 5.91 Å². The molecule has 3 rings (SSSR count). The Bertz CT molecular complexity index is 923. The van der Waals surface area contributed by atoms with E-state index in [0.29, 0.717) is 5.76 Å². The SMILES string of the molecule is N#C/C(=C\c1cccc(-c2ccncc2)c1)C(=O)NCc1ccco1. The number of amides is 1. The van der Waals surface area contributed by atoms with Gasteiger partial charge in [0.05, 0.1) is 12.8 Å². The van der Waals surface area contributed by atoms with E-state index in [1.807, 2.05) is 42.5 Å². The van der Waals surface area contributed by atoms with Gasteiger partial charge in [-0.1, -0.05) is 18.2 Å². The third-order valence-electron chi connectivity index (χ3n) is 3.58. The Labute approximate surface area is 145 Å². The van der Waals surface area contributed by atoms with Crippen molar-refractivity contribution in [1.82, 2.24) is 10.3 Å². The summed E-state index contributed by atoms with van der Waals surface area (Å²) in [4.78, 5) is 16.2. The van der Waals surface area contributed by atoms with Crippen LogP contribution >= 0.6 is 0 Å². The van der Waals surface area contributed by atoms with Gasteiger partial charge in [0.1, 0.15) is 17.4 Å². The van der Waals surface area contributed by atoms with Gasteiger partial charge in [-0.2, -0.15) is 5.26 Å². The molecule has 3 aromatic rings. The number of rotatable bonds is 5. The van der Waals surface area contributed by atoms with Gasteiger partial charge < -0.3 is 9.73 Å². The highest BCUT2D eigenvalue weighted by Crippen LogP contribution is 2.20. The molecular weight excluding hydrogens is 314 g/mol. The number of hydrogen-bond acceptors (Lipinski definition) is 4. The van der Waals surface area contributed by atoms with Crippen LogP contribution in [0, 0.1) is 11.3 Å². The Balaban J connectivity index is 1.78. The predicted molar refractivity (Wildman–Crippen MR) is 93.8 cm³/mol. The van der Waals surface area contributed by atoms with Gasteiger partial charge >= 0.3 is 0 Å². The normalized spacial score (nSPS) is 10.9. The minimum absolute atomic E-state index is 0.0402. The van der Waals surface area contributed by atoms with Crippen LogP contribution in [0.4, 0.5) is 0 Å². The maximum Gasteiger partial charge on any atom is 0.262 e. The van der Waals surface area contributed by atoms with E-state index in [9.17, 15) is 10.1 Å². The highest BCUT2D eigenvalue weighted by atomic mass is 16.3. The molecule has 0 radical (unpaired) electrons. The summed E-state index contributed by atoms with van der Waals surface area (Å²) in [6.07, 6.45) is 6.55. The highest BCUT2D eigenvalue weighted by Gasteiger charge is 2.09. The molecule has 0 saturated carbocycles. The summed E-state index contributed by atoms with van der Waals surface area (Å²) in [6, 6.07) is 16.9. The average molecular weight is 329 g/mol. The van der Waals surface area contributed by atoms with Gasteiger partial charge in [0, 0.05) is 12.4 Å². The number of nitrogens with zero attached hydrogens (tertiary/aromatic N) is 2. The molecule has 2 heterocycles. The van der Waals surface area contributed by atoms with E-state index in [0.717, 1.165) is 16.7 Å². The Morgan fingerprint density at radius 1 is 1.16 bits per heavy atom. The predicted octanol–water partition coefficient (Wildman–Crippen LogP) is 3.56. The molecule has 1 amide bonds. The summed E-state index contributed by atoms with van der Waals surface area (Å²) in [6.45, 7) is 0.238. The molecule has 0 spiro atoms. The first kappa shape index (κ1) is 16.2. The van der Waals surface area contributed by atoms with E-state index in [1.54, 1.807) is 30.6 Å². The zero-order chi connectivity index (χ0) is 17.5. The van der Waals surface area contributed by atoms with Crippen LogP contribution < -0.4 is 5.32 Å². The fourth-order valence-corrected chi connectivity index (χ4v) is 2.34. The van der Waals surface area contributed by atoms with Gasteiger partial charge in [0.15, 0.2) is 0 Å². The lowest BCUT2D eigenvalue weighted by atomic mass is 10.0. The largest absolute Gasteiger partial charge is 0.467 e. The smallest absolute Gasteiger partial charge is 0.262 e. The van der Waals surface area contributed by atoms with Crippen LogP contribution in [-0.4, -0.2) is 10.9 Å². The molecule has 25 heavy (non-hydrogen) atoms. The zero-order valence-electron chi connectivity index (χ0n) is 13.3. The van der Waals surface area contributed by atoms with Crippen LogP contribution in [0.15, 0.2) is 77.2 Å². The van der Waals surface area contributed by atoms with Gasteiger partial charge in [-0.15, -0.1) is 0 Å². The van der Waals surface area contributed by atoms with E-state index in [-0.39, 0.29) is 12.1 Å². The molecule has 5 heteroatoms. The second-order valence-corrected chi connectivity index (χ2v) is 5.29. The molecule has 0 aliphatic heterocycles. The number of nitriles is 1. The van der Waals surface area contributed by atoms with Crippen molar-refractivity contribution in [2.45, 2.75) is 6.54 Å². The van der Waals surface area contributed by atoms with Crippen molar-refractivity contribution < 1.29 is 9.21 Å². The second kappa shape index (κ2) is 7.75. The van der Waals surface area contributed by atoms with Crippen molar-refractivity contribution in [1.29, 1.82) is 5.26 Å². The molecule has 0 atom stereocenters. The number of aromatic nitrogens is 1. The highest BCUT2D eigenvalue weighted by molar-refractivity contribution is 6.01. The molecule has 5 nitrogen and oxygen atoms in total. The lowest BCUT2D eigenvalue weighted by Gasteiger charge is -2.04. The van der Waals surface area contributed by atoms with Gasteiger partial charge in [0.2, 0.25) is 0 Å². The summed E-state index contributed by atoms with van der Waals surface area (Å²) < 4.78 is 5.16. The third kappa shape index (κ3) is 4.21. The standard InChI is InChI=1S/C20H15N3O2/c21-13-18(20(24)23-14-19-5-2-10-25-19)12-15-3-1-4-17(11-15)16-6-8-22-9-7-16/h1-12H,14H2,(H,23,24)/b18-12+. The zero-order valence-corrected chi connectivity index (χ0v) is 13.3. The first-order valence-electron chi connectivity index (χ1n) is 7.69. The Hall–Kier alpha value is -3.65.